The molecule has 1 saturated heterocycles. The van der Waals surface area contributed by atoms with Crippen molar-refractivity contribution < 1.29 is 0 Å². The third kappa shape index (κ3) is 1.45. The second kappa shape index (κ2) is 1.98. The molecule has 0 spiro atoms. The topological polar surface area (TPSA) is 3.24 Å². The van der Waals surface area contributed by atoms with Crippen molar-refractivity contribution in [3.63, 3.8) is 0 Å². The molecule has 0 saturated carbocycles. The smallest absolute Gasteiger partial charge is 0.00479 e. The molecular weight excluding hydrogens is 110 g/mol. The van der Waals surface area contributed by atoms with Crippen LogP contribution < -0.4 is 0 Å². The molecule has 0 aromatic heterocycles. The summed E-state index contributed by atoms with van der Waals surface area (Å²) in [7, 11) is 0. The Bertz CT molecular complexity index is 97.1. The Labute approximate surface area is 58.0 Å². The second-order valence-corrected chi connectivity index (χ2v) is 4.16. The third-order valence-corrected chi connectivity index (χ3v) is 1.99. The molecule has 1 aliphatic heterocycles. The van der Waals surface area contributed by atoms with E-state index in [1.54, 1.807) is 0 Å². The van der Waals surface area contributed by atoms with Crippen molar-refractivity contribution in [3.8, 4) is 0 Å². The lowest BCUT2D eigenvalue weighted by molar-refractivity contribution is 0.00572. The first kappa shape index (κ1) is 7.07. The molecule has 0 N–H and O–H groups in total. The molecule has 1 aliphatic rings. The summed E-state index contributed by atoms with van der Waals surface area (Å²) in [6.45, 7) is 11.7. The lowest BCUT2D eigenvalue weighted by Gasteiger charge is -2.48. The first-order valence-corrected chi connectivity index (χ1v) is 3.75. The highest BCUT2D eigenvalue weighted by Crippen LogP contribution is 2.29. The van der Waals surface area contributed by atoms with Gasteiger partial charge in [0.15, 0.2) is 0 Å². The van der Waals surface area contributed by atoms with Crippen LogP contribution in [0.2, 0.25) is 0 Å². The van der Waals surface area contributed by atoms with Gasteiger partial charge in [-0.25, -0.2) is 0 Å². The maximum atomic E-state index is 2.50. The van der Waals surface area contributed by atoms with Gasteiger partial charge >= 0.3 is 0 Å². The summed E-state index contributed by atoms with van der Waals surface area (Å²) in [5, 5.41) is 0. The molecule has 0 radical (unpaired) electrons. The second-order valence-electron chi connectivity index (χ2n) is 4.16. The number of hydrogen-bond acceptors (Lipinski definition) is 1. The fourth-order valence-electron chi connectivity index (χ4n) is 1.42. The molecule has 0 aromatic carbocycles. The van der Waals surface area contributed by atoms with Gasteiger partial charge in [0.05, 0.1) is 0 Å². The molecule has 0 amide bonds. The molecule has 9 heavy (non-hydrogen) atoms. The molecule has 1 fully saturated rings. The van der Waals surface area contributed by atoms with Gasteiger partial charge in [0.1, 0.15) is 0 Å². The van der Waals surface area contributed by atoms with Crippen LogP contribution in [-0.4, -0.2) is 24.0 Å². The molecule has 1 heteroatoms. The van der Waals surface area contributed by atoms with Crippen LogP contribution in [-0.2, 0) is 0 Å². The zero-order chi connectivity index (χ0) is 7.07. The summed E-state index contributed by atoms with van der Waals surface area (Å²) < 4.78 is 0. The van der Waals surface area contributed by atoms with E-state index in [0.717, 1.165) is 6.04 Å². The molecule has 0 aliphatic carbocycles. The molecular formula is C8H17N. The number of likely N-dealkylation sites (tertiary alicyclic amines) is 1. The quantitative estimate of drug-likeness (QED) is 0.518. The van der Waals surface area contributed by atoms with Crippen molar-refractivity contribution in [1.29, 1.82) is 0 Å². The number of hydrogen-bond donors (Lipinski definition) is 0. The summed E-state index contributed by atoms with van der Waals surface area (Å²) in [5.74, 6) is 0. The highest BCUT2D eigenvalue weighted by molar-refractivity contribution is 4.88. The number of nitrogens with zero attached hydrogens (tertiary/aromatic N) is 1. The van der Waals surface area contributed by atoms with Crippen LogP contribution in [0.3, 0.4) is 0 Å². The normalized spacial score (nSPS) is 26.3. The van der Waals surface area contributed by atoms with E-state index in [9.17, 15) is 0 Å². The summed E-state index contributed by atoms with van der Waals surface area (Å²) in [4.78, 5) is 2.50. The van der Waals surface area contributed by atoms with Gasteiger partial charge in [-0.15, -0.1) is 0 Å². The van der Waals surface area contributed by atoms with E-state index >= 15 is 0 Å². The summed E-state index contributed by atoms with van der Waals surface area (Å²) in [6.07, 6.45) is 0. The lowest BCUT2D eigenvalue weighted by atomic mass is 9.83. The zero-order valence-electron chi connectivity index (χ0n) is 6.94. The van der Waals surface area contributed by atoms with Gasteiger partial charge in [-0.2, -0.15) is 0 Å². The number of rotatable bonds is 1. The van der Waals surface area contributed by atoms with Crippen LogP contribution in [0.25, 0.3) is 0 Å². The van der Waals surface area contributed by atoms with E-state index in [4.69, 9.17) is 0 Å². The fraction of sp³-hybridized carbons (Fsp3) is 1.00. The van der Waals surface area contributed by atoms with E-state index in [0.29, 0.717) is 5.41 Å². The Hall–Kier alpha value is -0.0400. The van der Waals surface area contributed by atoms with E-state index in [1.165, 1.54) is 13.1 Å². The first-order chi connectivity index (χ1) is 4.01. The van der Waals surface area contributed by atoms with Crippen LogP contribution in [0.1, 0.15) is 27.7 Å². The van der Waals surface area contributed by atoms with Crippen molar-refractivity contribution in [2.45, 2.75) is 33.7 Å². The van der Waals surface area contributed by atoms with Gasteiger partial charge in [-0.1, -0.05) is 13.8 Å². The molecule has 0 aromatic rings. The van der Waals surface area contributed by atoms with Gasteiger partial charge in [0, 0.05) is 19.1 Å². The van der Waals surface area contributed by atoms with Crippen molar-refractivity contribution >= 4 is 0 Å². The van der Waals surface area contributed by atoms with E-state index in [1.807, 2.05) is 0 Å². The fourth-order valence-corrected chi connectivity index (χ4v) is 1.42. The Morgan fingerprint density at radius 1 is 1.22 bits per heavy atom. The van der Waals surface area contributed by atoms with Crippen LogP contribution in [0.15, 0.2) is 0 Å². The predicted molar refractivity (Wildman–Crippen MR) is 40.5 cm³/mol. The zero-order valence-corrected chi connectivity index (χ0v) is 6.94. The van der Waals surface area contributed by atoms with Gasteiger partial charge < -0.3 is 0 Å². The monoisotopic (exact) mass is 127 g/mol. The average Bonchev–Trinajstić information content (AvgIpc) is 1.59. The SMILES string of the molecule is CC(C)N1CC(C)(C)C1. The minimum Gasteiger partial charge on any atom is -0.300 e. The lowest BCUT2D eigenvalue weighted by Crippen LogP contribution is -2.55. The van der Waals surface area contributed by atoms with Crippen LogP contribution in [0.4, 0.5) is 0 Å². The summed E-state index contributed by atoms with van der Waals surface area (Å²) >= 11 is 0. The molecule has 54 valence electrons. The maximum absolute atomic E-state index is 2.50. The molecule has 1 heterocycles. The van der Waals surface area contributed by atoms with Crippen molar-refractivity contribution in [1.82, 2.24) is 4.90 Å². The summed E-state index contributed by atoms with van der Waals surface area (Å²) in [5.41, 5.74) is 0.601. The predicted octanol–water partition coefficient (Wildman–Crippen LogP) is 1.74. The average molecular weight is 127 g/mol. The van der Waals surface area contributed by atoms with E-state index < -0.39 is 0 Å². The standard InChI is InChI=1S/C8H17N/c1-7(2)9-5-8(3,4)6-9/h7H,5-6H2,1-4H3. The first-order valence-electron chi connectivity index (χ1n) is 3.75. The minimum absolute atomic E-state index is 0.601. The molecule has 0 bridgehead atoms. The van der Waals surface area contributed by atoms with E-state index in [-0.39, 0.29) is 0 Å². The highest BCUT2D eigenvalue weighted by Gasteiger charge is 2.34. The van der Waals surface area contributed by atoms with Gasteiger partial charge in [0.25, 0.3) is 0 Å². The van der Waals surface area contributed by atoms with Crippen LogP contribution in [0, 0.1) is 5.41 Å². The van der Waals surface area contributed by atoms with Crippen molar-refractivity contribution in [2.24, 2.45) is 5.41 Å². The Morgan fingerprint density at radius 2 is 1.67 bits per heavy atom. The Kier molecular flexibility index (Phi) is 1.55. The molecule has 0 unspecified atom stereocenters. The third-order valence-electron chi connectivity index (χ3n) is 1.99. The highest BCUT2D eigenvalue weighted by atomic mass is 15.2. The van der Waals surface area contributed by atoms with Crippen molar-refractivity contribution in [3.05, 3.63) is 0 Å². The van der Waals surface area contributed by atoms with Crippen LogP contribution >= 0.6 is 0 Å². The largest absolute Gasteiger partial charge is 0.300 e. The summed E-state index contributed by atoms with van der Waals surface area (Å²) in [6, 6.07) is 0.748. The molecule has 0 atom stereocenters. The minimum atomic E-state index is 0.601. The Balaban J connectivity index is 2.27. The molecule has 1 rings (SSSR count). The van der Waals surface area contributed by atoms with Crippen LogP contribution in [0.5, 0.6) is 0 Å². The van der Waals surface area contributed by atoms with Gasteiger partial charge in [0.2, 0.25) is 0 Å². The van der Waals surface area contributed by atoms with Gasteiger partial charge in [-0.3, -0.25) is 4.90 Å². The van der Waals surface area contributed by atoms with E-state index in [2.05, 4.69) is 32.6 Å². The van der Waals surface area contributed by atoms with Gasteiger partial charge in [-0.05, 0) is 19.3 Å². The van der Waals surface area contributed by atoms with Crippen molar-refractivity contribution in [2.75, 3.05) is 13.1 Å². The molecule has 1 nitrogen and oxygen atoms in total. The Morgan fingerprint density at radius 3 is 1.78 bits per heavy atom. The maximum Gasteiger partial charge on any atom is 0.00479 e.